The van der Waals surface area contributed by atoms with E-state index in [0.717, 1.165) is 31.4 Å². The molecule has 0 saturated carbocycles. The van der Waals surface area contributed by atoms with Gasteiger partial charge in [-0.3, -0.25) is 14.2 Å². The summed E-state index contributed by atoms with van der Waals surface area (Å²) in [5.41, 5.74) is 2.78. The molecule has 0 aliphatic heterocycles. The van der Waals surface area contributed by atoms with Crippen molar-refractivity contribution in [1.29, 1.82) is 0 Å². The molecule has 1 N–H and O–H groups in total. The van der Waals surface area contributed by atoms with Crippen LogP contribution in [0.5, 0.6) is 0 Å². The molecule has 0 spiro atoms. The quantitative estimate of drug-likeness (QED) is 0.275. The molecule has 0 fully saturated rings. The number of carbonyl (C=O) groups is 1. The number of aryl methyl sites for hydroxylation is 1. The third-order valence-electron chi connectivity index (χ3n) is 6.81. The standard InChI is InChI=1S/C27H28N8O5/c1-5-21-28-25-23(26(37)35(16(2)39-3)27(38)34(25)15-22(36)40-4)33(21)14-17-10-12-18(13-11-17)19-8-6-7-9-20(19)24-29-31-32-30-24/h6-13,16H,5,14-15H2,1-4H3,(H,29,30,31,32). The maximum Gasteiger partial charge on any atom is 0.335 e. The molecule has 206 valence electrons. The number of nitrogens with one attached hydrogen (secondary N) is 1. The SMILES string of the molecule is CCc1nc2c(c(=O)n(C(C)OC)c(=O)n2CC(=O)OC)n1Cc1ccc(-c2ccccc2-c2nnn[nH]2)cc1. The number of carbonyl (C=O) groups excluding carboxylic acids is 1. The zero-order valence-corrected chi connectivity index (χ0v) is 22.5. The third-order valence-corrected chi connectivity index (χ3v) is 6.81. The Morgan fingerprint density at radius 2 is 1.75 bits per heavy atom. The van der Waals surface area contributed by atoms with Crippen LogP contribution in [0.25, 0.3) is 33.7 Å². The minimum Gasteiger partial charge on any atom is -0.468 e. The molecule has 2 aromatic carbocycles. The highest BCUT2D eigenvalue weighted by molar-refractivity contribution is 5.80. The summed E-state index contributed by atoms with van der Waals surface area (Å²) < 4.78 is 14.0. The Balaban J connectivity index is 1.61. The van der Waals surface area contributed by atoms with Crippen LogP contribution in [0.2, 0.25) is 0 Å². The molecule has 0 radical (unpaired) electrons. The molecule has 13 nitrogen and oxygen atoms in total. The summed E-state index contributed by atoms with van der Waals surface area (Å²) in [7, 11) is 2.64. The molecule has 3 aromatic heterocycles. The largest absolute Gasteiger partial charge is 0.468 e. The Bertz CT molecular complexity index is 1790. The van der Waals surface area contributed by atoms with Crippen molar-refractivity contribution in [3.05, 3.63) is 80.8 Å². The molecule has 0 saturated heterocycles. The first-order chi connectivity index (χ1) is 19.4. The van der Waals surface area contributed by atoms with Crippen molar-refractivity contribution < 1.29 is 14.3 Å². The van der Waals surface area contributed by atoms with Crippen LogP contribution in [0.15, 0.2) is 58.1 Å². The van der Waals surface area contributed by atoms with Crippen molar-refractivity contribution in [1.82, 2.24) is 39.3 Å². The lowest BCUT2D eigenvalue weighted by Gasteiger charge is -2.16. The van der Waals surface area contributed by atoms with Gasteiger partial charge in [-0.25, -0.2) is 19.4 Å². The summed E-state index contributed by atoms with van der Waals surface area (Å²) in [6, 6.07) is 15.7. The molecule has 5 aromatic rings. The number of rotatable bonds is 9. The van der Waals surface area contributed by atoms with E-state index < -0.39 is 30.0 Å². The van der Waals surface area contributed by atoms with Crippen molar-refractivity contribution in [3.63, 3.8) is 0 Å². The Morgan fingerprint density at radius 3 is 2.38 bits per heavy atom. The second kappa shape index (κ2) is 11.1. The molecule has 1 unspecified atom stereocenters. The number of aromatic nitrogens is 8. The number of esters is 1. The first-order valence-electron chi connectivity index (χ1n) is 12.6. The number of tetrazole rings is 1. The predicted octanol–water partition coefficient (Wildman–Crippen LogP) is 2.16. The van der Waals surface area contributed by atoms with Gasteiger partial charge in [-0.05, 0) is 34.0 Å². The van der Waals surface area contributed by atoms with E-state index in [0.29, 0.717) is 24.6 Å². The molecule has 40 heavy (non-hydrogen) atoms. The van der Waals surface area contributed by atoms with Gasteiger partial charge in [0.15, 0.2) is 17.0 Å². The zero-order chi connectivity index (χ0) is 28.4. The minimum absolute atomic E-state index is 0.128. The number of ether oxygens (including phenoxy) is 2. The number of methoxy groups -OCH3 is 2. The van der Waals surface area contributed by atoms with E-state index in [9.17, 15) is 14.4 Å². The smallest absolute Gasteiger partial charge is 0.335 e. The van der Waals surface area contributed by atoms with Gasteiger partial charge in [0.1, 0.15) is 18.6 Å². The van der Waals surface area contributed by atoms with Gasteiger partial charge in [-0.15, -0.1) is 5.10 Å². The maximum absolute atomic E-state index is 13.7. The van der Waals surface area contributed by atoms with Crippen molar-refractivity contribution in [2.75, 3.05) is 14.2 Å². The normalized spacial score (nSPS) is 12.1. The lowest BCUT2D eigenvalue weighted by Crippen LogP contribution is -2.43. The van der Waals surface area contributed by atoms with Gasteiger partial charge in [-0.1, -0.05) is 55.5 Å². The van der Waals surface area contributed by atoms with E-state index in [1.807, 2.05) is 55.5 Å². The van der Waals surface area contributed by atoms with Crippen LogP contribution in [0.1, 0.15) is 31.5 Å². The van der Waals surface area contributed by atoms with Gasteiger partial charge in [0.2, 0.25) is 0 Å². The molecule has 0 amide bonds. The number of aromatic amines is 1. The molecule has 13 heteroatoms. The molecule has 5 rings (SSSR count). The van der Waals surface area contributed by atoms with Gasteiger partial charge in [0.25, 0.3) is 5.56 Å². The van der Waals surface area contributed by atoms with Crippen molar-refractivity contribution in [3.8, 4) is 22.5 Å². The van der Waals surface area contributed by atoms with Crippen LogP contribution >= 0.6 is 0 Å². The molecule has 0 aliphatic carbocycles. The van der Waals surface area contributed by atoms with E-state index in [4.69, 9.17) is 9.47 Å². The summed E-state index contributed by atoms with van der Waals surface area (Å²) >= 11 is 0. The van der Waals surface area contributed by atoms with Crippen LogP contribution in [-0.4, -0.2) is 59.5 Å². The topological polar surface area (TPSA) is 152 Å². The summed E-state index contributed by atoms with van der Waals surface area (Å²) in [6.07, 6.45) is -0.363. The van der Waals surface area contributed by atoms with E-state index in [1.165, 1.54) is 14.2 Å². The van der Waals surface area contributed by atoms with Crippen LogP contribution in [0.4, 0.5) is 0 Å². The number of hydrogen-bond donors (Lipinski definition) is 1. The van der Waals surface area contributed by atoms with E-state index in [-0.39, 0.29) is 11.2 Å². The molecule has 3 heterocycles. The van der Waals surface area contributed by atoms with Crippen LogP contribution in [0.3, 0.4) is 0 Å². The minimum atomic E-state index is -0.861. The van der Waals surface area contributed by atoms with Gasteiger partial charge in [0.05, 0.1) is 7.11 Å². The van der Waals surface area contributed by atoms with Crippen LogP contribution in [-0.2, 0) is 33.8 Å². The van der Waals surface area contributed by atoms with E-state index >= 15 is 0 Å². The van der Waals surface area contributed by atoms with Crippen molar-refractivity contribution in [2.24, 2.45) is 0 Å². The molecule has 0 aliphatic rings. The fraction of sp³-hybridized carbons (Fsp3) is 0.296. The van der Waals surface area contributed by atoms with Crippen molar-refractivity contribution >= 4 is 17.1 Å². The first-order valence-corrected chi connectivity index (χ1v) is 12.6. The predicted molar refractivity (Wildman–Crippen MR) is 146 cm³/mol. The molecular weight excluding hydrogens is 516 g/mol. The Labute approximate surface area is 228 Å². The number of fused-ring (bicyclic) bond motifs is 1. The summed E-state index contributed by atoms with van der Waals surface area (Å²) in [6.45, 7) is 3.43. The molecule has 0 bridgehead atoms. The number of imidazole rings is 1. The van der Waals surface area contributed by atoms with E-state index in [2.05, 4.69) is 25.6 Å². The Hall–Kier alpha value is -4.91. The lowest BCUT2D eigenvalue weighted by atomic mass is 9.98. The number of benzene rings is 2. The van der Waals surface area contributed by atoms with Gasteiger partial charge >= 0.3 is 11.7 Å². The fourth-order valence-corrected chi connectivity index (χ4v) is 4.70. The highest BCUT2D eigenvalue weighted by Crippen LogP contribution is 2.30. The zero-order valence-electron chi connectivity index (χ0n) is 22.5. The van der Waals surface area contributed by atoms with Crippen molar-refractivity contribution in [2.45, 2.75) is 39.6 Å². The van der Waals surface area contributed by atoms with Crippen LogP contribution in [0, 0.1) is 0 Å². The van der Waals surface area contributed by atoms with Gasteiger partial charge < -0.3 is 14.0 Å². The summed E-state index contributed by atoms with van der Waals surface area (Å²) in [4.78, 5) is 43.7. The highest BCUT2D eigenvalue weighted by atomic mass is 16.5. The first kappa shape index (κ1) is 26.7. The maximum atomic E-state index is 13.7. The van der Waals surface area contributed by atoms with Gasteiger partial charge in [0, 0.05) is 25.6 Å². The average Bonchev–Trinajstić information content (AvgIpc) is 3.64. The van der Waals surface area contributed by atoms with Gasteiger partial charge in [-0.2, -0.15) is 0 Å². The molecular formula is C27H28N8O5. The lowest BCUT2D eigenvalue weighted by molar-refractivity contribution is -0.141. The average molecular weight is 545 g/mol. The highest BCUT2D eigenvalue weighted by Gasteiger charge is 2.24. The second-order valence-corrected chi connectivity index (χ2v) is 9.09. The monoisotopic (exact) mass is 544 g/mol. The summed E-state index contributed by atoms with van der Waals surface area (Å²) in [5, 5.41) is 14.2. The number of nitrogens with zero attached hydrogens (tertiary/aromatic N) is 7. The third kappa shape index (κ3) is 4.71. The fourth-order valence-electron chi connectivity index (χ4n) is 4.70. The van der Waals surface area contributed by atoms with E-state index in [1.54, 1.807) is 11.5 Å². The Kier molecular flexibility index (Phi) is 7.38. The summed E-state index contributed by atoms with van der Waals surface area (Å²) in [5.74, 6) is 0.528. The second-order valence-electron chi connectivity index (χ2n) is 9.09. The Morgan fingerprint density at radius 1 is 1.02 bits per heavy atom. The number of H-pyrrole nitrogens is 1. The number of hydrogen-bond acceptors (Lipinski definition) is 9. The molecule has 1 atom stereocenters. The van der Waals surface area contributed by atoms with Crippen LogP contribution < -0.4 is 11.2 Å².